The van der Waals surface area contributed by atoms with E-state index in [1.807, 2.05) is 12.1 Å². The molecule has 0 radical (unpaired) electrons. The van der Waals surface area contributed by atoms with Gasteiger partial charge in [-0.2, -0.15) is 0 Å². The van der Waals surface area contributed by atoms with E-state index in [1.54, 1.807) is 20.1 Å². The van der Waals surface area contributed by atoms with E-state index in [1.165, 1.54) is 0 Å². The Balaban J connectivity index is 2.50. The van der Waals surface area contributed by atoms with Crippen molar-refractivity contribution < 1.29 is 14.6 Å². The minimum absolute atomic E-state index is 0.328. The minimum atomic E-state index is -0.328. The summed E-state index contributed by atoms with van der Waals surface area (Å²) in [4.78, 5) is 0. The third-order valence-electron chi connectivity index (χ3n) is 2.88. The van der Waals surface area contributed by atoms with E-state index < -0.39 is 0 Å². The van der Waals surface area contributed by atoms with E-state index in [0.717, 1.165) is 18.7 Å². The van der Waals surface area contributed by atoms with E-state index in [-0.39, 0.29) is 6.10 Å². The Bertz CT molecular complexity index is 467. The molecule has 0 aliphatic carbocycles. The highest BCUT2D eigenvalue weighted by Gasteiger charge is 2.11. The highest BCUT2D eigenvalue weighted by atomic mass is 35.5. The molecular weight excluding hydrogens is 304 g/mol. The molecule has 1 atom stereocenters. The second-order valence-electron chi connectivity index (χ2n) is 4.94. The van der Waals surface area contributed by atoms with Crippen molar-refractivity contribution in [1.29, 1.82) is 0 Å². The second kappa shape index (κ2) is 10.5. The molecule has 0 bridgehead atoms. The fourth-order valence-corrected chi connectivity index (χ4v) is 2.17. The quantitative estimate of drug-likeness (QED) is 0.428. The lowest BCUT2D eigenvalue weighted by Gasteiger charge is -2.14. The molecule has 0 unspecified atom stereocenters. The van der Waals surface area contributed by atoms with Gasteiger partial charge >= 0.3 is 0 Å². The maximum atomic E-state index is 9.13. The lowest BCUT2D eigenvalue weighted by atomic mass is 10.2. The largest absolute Gasteiger partial charge is 0.493 e. The van der Waals surface area contributed by atoms with Crippen LogP contribution in [-0.2, 0) is 6.54 Å². The van der Waals surface area contributed by atoms with Crippen molar-refractivity contribution in [2.75, 3.05) is 33.4 Å². The molecule has 0 saturated heterocycles. The first-order chi connectivity index (χ1) is 10.6. The average molecular weight is 329 g/mol. The zero-order valence-corrected chi connectivity index (χ0v) is 13.9. The maximum Gasteiger partial charge on any atom is 0.180 e. The van der Waals surface area contributed by atoms with Crippen LogP contribution in [0.15, 0.2) is 24.8 Å². The lowest BCUT2D eigenvalue weighted by molar-refractivity contribution is 0.191. The maximum absolute atomic E-state index is 9.13. The SMILES string of the molecule is C=CCOc1c(Cl)cc(CNCCNC[C@H](C)O)cc1OC. The number of halogens is 1. The van der Waals surface area contributed by atoms with Crippen molar-refractivity contribution in [3.8, 4) is 11.5 Å². The number of ether oxygens (including phenoxy) is 2. The third-order valence-corrected chi connectivity index (χ3v) is 3.16. The monoisotopic (exact) mass is 328 g/mol. The van der Waals surface area contributed by atoms with E-state index in [0.29, 0.717) is 36.2 Å². The average Bonchev–Trinajstić information content (AvgIpc) is 2.48. The molecule has 0 aliphatic heterocycles. The molecule has 1 aromatic rings. The highest BCUT2D eigenvalue weighted by molar-refractivity contribution is 6.32. The lowest BCUT2D eigenvalue weighted by Crippen LogP contribution is -2.31. The molecule has 124 valence electrons. The number of rotatable bonds is 11. The van der Waals surface area contributed by atoms with Gasteiger partial charge in [0.25, 0.3) is 0 Å². The Kier molecular flexibility index (Phi) is 8.92. The Morgan fingerprint density at radius 3 is 2.73 bits per heavy atom. The van der Waals surface area contributed by atoms with Gasteiger partial charge in [0.2, 0.25) is 0 Å². The summed E-state index contributed by atoms with van der Waals surface area (Å²) in [5.74, 6) is 1.14. The fraction of sp³-hybridized carbons (Fsp3) is 0.500. The summed E-state index contributed by atoms with van der Waals surface area (Å²) >= 11 is 6.24. The predicted octanol–water partition coefficient (Wildman–Crippen LogP) is 1.97. The van der Waals surface area contributed by atoms with Gasteiger partial charge in [0.15, 0.2) is 11.5 Å². The van der Waals surface area contributed by atoms with E-state index in [2.05, 4.69) is 17.2 Å². The summed E-state index contributed by atoms with van der Waals surface area (Å²) < 4.78 is 10.8. The zero-order valence-electron chi connectivity index (χ0n) is 13.2. The molecule has 0 heterocycles. The van der Waals surface area contributed by atoms with Gasteiger partial charge in [-0.1, -0.05) is 24.3 Å². The van der Waals surface area contributed by atoms with E-state index >= 15 is 0 Å². The number of aliphatic hydroxyl groups excluding tert-OH is 1. The van der Waals surface area contributed by atoms with Crippen LogP contribution in [0.2, 0.25) is 5.02 Å². The van der Waals surface area contributed by atoms with Gasteiger partial charge in [0.1, 0.15) is 6.61 Å². The van der Waals surface area contributed by atoms with Crippen molar-refractivity contribution >= 4 is 11.6 Å². The highest BCUT2D eigenvalue weighted by Crippen LogP contribution is 2.36. The van der Waals surface area contributed by atoms with Crippen molar-refractivity contribution in [2.24, 2.45) is 0 Å². The van der Waals surface area contributed by atoms with Crippen LogP contribution < -0.4 is 20.1 Å². The number of aliphatic hydroxyl groups is 1. The Morgan fingerprint density at radius 2 is 2.09 bits per heavy atom. The van der Waals surface area contributed by atoms with Crippen molar-refractivity contribution in [3.63, 3.8) is 0 Å². The normalized spacial score (nSPS) is 12.0. The molecule has 3 N–H and O–H groups in total. The van der Waals surface area contributed by atoms with Crippen molar-refractivity contribution in [3.05, 3.63) is 35.4 Å². The van der Waals surface area contributed by atoms with Gasteiger partial charge in [0, 0.05) is 26.2 Å². The van der Waals surface area contributed by atoms with Gasteiger partial charge in [-0.3, -0.25) is 0 Å². The van der Waals surface area contributed by atoms with Gasteiger partial charge in [-0.05, 0) is 24.6 Å². The van der Waals surface area contributed by atoms with Gasteiger partial charge in [0.05, 0.1) is 18.2 Å². The van der Waals surface area contributed by atoms with Crippen molar-refractivity contribution in [1.82, 2.24) is 10.6 Å². The molecule has 6 heteroatoms. The van der Waals surface area contributed by atoms with E-state index in [4.69, 9.17) is 26.2 Å². The first kappa shape index (κ1) is 18.8. The van der Waals surface area contributed by atoms with Crippen LogP contribution in [-0.4, -0.2) is 44.6 Å². The van der Waals surface area contributed by atoms with Gasteiger partial charge in [-0.15, -0.1) is 0 Å². The number of methoxy groups -OCH3 is 1. The minimum Gasteiger partial charge on any atom is -0.493 e. The van der Waals surface area contributed by atoms with E-state index in [9.17, 15) is 0 Å². The Labute approximate surface area is 137 Å². The molecule has 0 spiro atoms. The van der Waals surface area contributed by atoms with Crippen LogP contribution in [0.5, 0.6) is 11.5 Å². The van der Waals surface area contributed by atoms with Crippen LogP contribution in [0.1, 0.15) is 12.5 Å². The van der Waals surface area contributed by atoms with Crippen LogP contribution in [0.4, 0.5) is 0 Å². The molecule has 22 heavy (non-hydrogen) atoms. The number of nitrogens with one attached hydrogen (secondary N) is 2. The summed E-state index contributed by atoms with van der Waals surface area (Å²) in [6, 6.07) is 3.76. The molecule has 0 aliphatic rings. The van der Waals surface area contributed by atoms with Crippen LogP contribution >= 0.6 is 11.6 Å². The molecule has 0 fully saturated rings. The van der Waals surface area contributed by atoms with Crippen LogP contribution in [0.25, 0.3) is 0 Å². The molecule has 0 amide bonds. The Hall–Kier alpha value is -1.27. The summed E-state index contributed by atoms with van der Waals surface area (Å²) in [7, 11) is 1.59. The van der Waals surface area contributed by atoms with Crippen LogP contribution in [0, 0.1) is 0 Å². The fourth-order valence-electron chi connectivity index (χ4n) is 1.88. The molecule has 1 rings (SSSR count). The molecule has 1 aromatic carbocycles. The smallest absolute Gasteiger partial charge is 0.180 e. The predicted molar refractivity (Wildman–Crippen MR) is 90.0 cm³/mol. The molecule has 0 aromatic heterocycles. The molecule has 0 saturated carbocycles. The molecular formula is C16H25ClN2O3. The van der Waals surface area contributed by atoms with Gasteiger partial charge < -0.3 is 25.2 Å². The van der Waals surface area contributed by atoms with Gasteiger partial charge in [-0.25, -0.2) is 0 Å². The summed E-state index contributed by atoms with van der Waals surface area (Å²) in [5.41, 5.74) is 1.02. The summed E-state index contributed by atoms with van der Waals surface area (Å²) in [5, 5.41) is 16.1. The number of benzene rings is 1. The Morgan fingerprint density at radius 1 is 1.36 bits per heavy atom. The first-order valence-electron chi connectivity index (χ1n) is 7.28. The third kappa shape index (κ3) is 6.66. The second-order valence-corrected chi connectivity index (χ2v) is 5.35. The standard InChI is InChI=1S/C16H25ClN2O3/c1-4-7-22-16-14(17)8-13(9-15(16)21-3)11-19-6-5-18-10-12(2)20/h4,8-9,12,18-20H,1,5-7,10-11H2,2-3H3/t12-/m0/s1. The zero-order chi connectivity index (χ0) is 16.4. The first-order valence-corrected chi connectivity index (χ1v) is 7.65. The molecule has 5 nitrogen and oxygen atoms in total. The number of hydrogen-bond donors (Lipinski definition) is 3. The number of hydrogen-bond acceptors (Lipinski definition) is 5. The van der Waals surface area contributed by atoms with Crippen molar-refractivity contribution in [2.45, 2.75) is 19.6 Å². The summed E-state index contributed by atoms with van der Waals surface area (Å²) in [6.07, 6.45) is 1.33. The summed E-state index contributed by atoms with van der Waals surface area (Å²) in [6.45, 7) is 8.60. The van der Waals surface area contributed by atoms with Crippen LogP contribution in [0.3, 0.4) is 0 Å². The topological polar surface area (TPSA) is 62.8 Å².